The van der Waals surface area contributed by atoms with Crippen LogP contribution in [0.3, 0.4) is 0 Å². The zero-order valence-electron chi connectivity index (χ0n) is 14.0. The van der Waals surface area contributed by atoms with E-state index in [9.17, 15) is 4.39 Å². The minimum absolute atomic E-state index is 0.242. The van der Waals surface area contributed by atoms with Crippen molar-refractivity contribution in [2.45, 2.75) is 20.4 Å². The van der Waals surface area contributed by atoms with Crippen molar-refractivity contribution in [1.29, 1.82) is 0 Å². The van der Waals surface area contributed by atoms with Crippen LogP contribution in [-0.4, -0.2) is 9.97 Å². The molecule has 6 heteroatoms. The van der Waals surface area contributed by atoms with Gasteiger partial charge in [0.25, 0.3) is 0 Å². The third kappa shape index (κ3) is 4.25. The van der Waals surface area contributed by atoms with Gasteiger partial charge in [0, 0.05) is 28.9 Å². The van der Waals surface area contributed by atoms with E-state index in [1.54, 1.807) is 24.3 Å². The lowest BCUT2D eigenvalue weighted by atomic mass is 10.2. The lowest BCUT2D eigenvalue weighted by molar-refractivity contribution is 0.613. The molecule has 0 saturated carbocycles. The van der Waals surface area contributed by atoms with Gasteiger partial charge in [-0.1, -0.05) is 35.9 Å². The molecule has 0 saturated heterocycles. The number of benzene rings is 2. The minimum atomic E-state index is -0.242. The Hall–Kier alpha value is -2.66. The quantitative estimate of drug-likeness (QED) is 0.656. The Labute approximate surface area is 151 Å². The molecule has 2 aromatic carbocycles. The maximum atomic E-state index is 13.7. The summed E-state index contributed by atoms with van der Waals surface area (Å²) in [7, 11) is 0. The number of aryl methyl sites for hydroxylation is 1. The average Bonchev–Trinajstić information content (AvgIpc) is 2.58. The second-order valence-corrected chi connectivity index (χ2v) is 6.08. The Morgan fingerprint density at radius 1 is 1.00 bits per heavy atom. The normalized spacial score (nSPS) is 10.6. The maximum absolute atomic E-state index is 13.7. The van der Waals surface area contributed by atoms with Gasteiger partial charge in [0.2, 0.25) is 0 Å². The molecule has 3 aromatic rings. The Balaban J connectivity index is 1.78. The third-order valence-corrected chi connectivity index (χ3v) is 4.20. The van der Waals surface area contributed by atoms with Crippen LogP contribution in [0, 0.1) is 19.7 Å². The van der Waals surface area contributed by atoms with E-state index in [1.165, 1.54) is 6.07 Å². The second kappa shape index (κ2) is 7.49. The average molecular weight is 357 g/mol. The highest BCUT2D eigenvalue weighted by Crippen LogP contribution is 2.26. The Kier molecular flexibility index (Phi) is 5.14. The summed E-state index contributed by atoms with van der Waals surface area (Å²) in [5, 5.41) is 7.08. The molecular formula is C19H18ClFN4. The Morgan fingerprint density at radius 3 is 2.56 bits per heavy atom. The predicted octanol–water partition coefficient (Wildman–Crippen LogP) is 5.24. The Morgan fingerprint density at radius 2 is 1.76 bits per heavy atom. The molecule has 128 valence electrons. The topological polar surface area (TPSA) is 49.8 Å². The van der Waals surface area contributed by atoms with Crippen LogP contribution in [0.5, 0.6) is 0 Å². The first-order valence-electron chi connectivity index (χ1n) is 7.88. The van der Waals surface area contributed by atoms with Crippen LogP contribution in [0.4, 0.5) is 21.7 Å². The molecule has 4 nitrogen and oxygen atoms in total. The van der Waals surface area contributed by atoms with Crippen molar-refractivity contribution in [3.8, 4) is 0 Å². The molecule has 0 aliphatic heterocycles. The van der Waals surface area contributed by atoms with E-state index in [0.717, 1.165) is 11.3 Å². The number of halogens is 2. The van der Waals surface area contributed by atoms with Gasteiger partial charge in [-0.15, -0.1) is 0 Å². The molecule has 25 heavy (non-hydrogen) atoms. The van der Waals surface area contributed by atoms with Crippen LogP contribution < -0.4 is 10.6 Å². The van der Waals surface area contributed by atoms with Crippen LogP contribution in [0.15, 0.2) is 48.5 Å². The van der Waals surface area contributed by atoms with E-state index in [0.29, 0.717) is 34.6 Å². The van der Waals surface area contributed by atoms with E-state index in [4.69, 9.17) is 11.6 Å². The first kappa shape index (κ1) is 17.2. The maximum Gasteiger partial charge on any atom is 0.136 e. The van der Waals surface area contributed by atoms with Gasteiger partial charge in [-0.25, -0.2) is 14.4 Å². The molecular weight excluding hydrogens is 339 g/mol. The molecule has 0 aliphatic rings. The first-order chi connectivity index (χ1) is 12.0. The molecule has 0 fully saturated rings. The lowest BCUT2D eigenvalue weighted by Gasteiger charge is -2.12. The van der Waals surface area contributed by atoms with E-state index in [2.05, 4.69) is 20.6 Å². The monoisotopic (exact) mass is 356 g/mol. The molecule has 0 unspecified atom stereocenters. The zero-order valence-corrected chi connectivity index (χ0v) is 14.7. The van der Waals surface area contributed by atoms with Gasteiger partial charge < -0.3 is 10.6 Å². The van der Waals surface area contributed by atoms with Crippen molar-refractivity contribution in [3.05, 3.63) is 76.3 Å². The van der Waals surface area contributed by atoms with E-state index < -0.39 is 0 Å². The van der Waals surface area contributed by atoms with E-state index in [1.807, 2.05) is 32.0 Å². The first-order valence-corrected chi connectivity index (χ1v) is 8.26. The zero-order chi connectivity index (χ0) is 17.8. The van der Waals surface area contributed by atoms with Crippen molar-refractivity contribution in [1.82, 2.24) is 9.97 Å². The van der Waals surface area contributed by atoms with Crippen molar-refractivity contribution in [3.63, 3.8) is 0 Å². The molecule has 0 amide bonds. The van der Waals surface area contributed by atoms with E-state index in [-0.39, 0.29) is 5.82 Å². The molecule has 0 radical (unpaired) electrons. The number of anilines is 3. The summed E-state index contributed by atoms with van der Waals surface area (Å²) in [5.41, 5.74) is 2.41. The van der Waals surface area contributed by atoms with Gasteiger partial charge in [-0.3, -0.25) is 0 Å². The highest BCUT2D eigenvalue weighted by Gasteiger charge is 2.07. The molecule has 1 aromatic heterocycles. The molecule has 2 N–H and O–H groups in total. The summed E-state index contributed by atoms with van der Waals surface area (Å²) in [4.78, 5) is 8.74. The van der Waals surface area contributed by atoms with E-state index >= 15 is 0 Å². The van der Waals surface area contributed by atoms with Gasteiger partial charge in [0.15, 0.2) is 0 Å². The highest BCUT2D eigenvalue weighted by molar-refractivity contribution is 6.31. The molecule has 0 spiro atoms. The second-order valence-electron chi connectivity index (χ2n) is 5.67. The molecule has 3 rings (SSSR count). The van der Waals surface area contributed by atoms with Crippen LogP contribution in [0.1, 0.15) is 17.0 Å². The fourth-order valence-corrected chi connectivity index (χ4v) is 2.61. The van der Waals surface area contributed by atoms with Crippen molar-refractivity contribution >= 4 is 28.9 Å². The fourth-order valence-electron chi connectivity index (χ4n) is 2.43. The fraction of sp³-hybridized carbons (Fsp3) is 0.158. The van der Waals surface area contributed by atoms with Crippen LogP contribution in [0.25, 0.3) is 0 Å². The molecule has 0 bridgehead atoms. The van der Waals surface area contributed by atoms with Crippen LogP contribution in [0.2, 0.25) is 5.02 Å². The summed E-state index contributed by atoms with van der Waals surface area (Å²) in [6.07, 6.45) is 0. The highest BCUT2D eigenvalue weighted by atomic mass is 35.5. The summed E-state index contributed by atoms with van der Waals surface area (Å²) >= 11 is 6.15. The minimum Gasteiger partial charge on any atom is -0.366 e. The number of hydrogen-bond acceptors (Lipinski definition) is 4. The predicted molar refractivity (Wildman–Crippen MR) is 100.0 cm³/mol. The summed E-state index contributed by atoms with van der Waals surface area (Å²) in [6.45, 7) is 4.10. The van der Waals surface area contributed by atoms with Gasteiger partial charge in [-0.05, 0) is 37.6 Å². The summed E-state index contributed by atoms with van der Waals surface area (Å²) < 4.78 is 13.7. The molecule has 0 atom stereocenters. The SMILES string of the molecule is Cc1nc(NCc2ccccc2F)cc(Nc2cccc(Cl)c2C)n1. The van der Waals surface area contributed by atoms with Gasteiger partial charge in [-0.2, -0.15) is 0 Å². The number of nitrogens with one attached hydrogen (secondary N) is 2. The number of hydrogen-bond donors (Lipinski definition) is 2. The summed E-state index contributed by atoms with van der Waals surface area (Å²) in [6, 6.07) is 14.1. The van der Waals surface area contributed by atoms with Gasteiger partial charge in [0.1, 0.15) is 23.3 Å². The number of aromatic nitrogens is 2. The van der Waals surface area contributed by atoms with Crippen molar-refractivity contribution in [2.75, 3.05) is 10.6 Å². The smallest absolute Gasteiger partial charge is 0.136 e. The lowest BCUT2D eigenvalue weighted by Crippen LogP contribution is -2.06. The van der Waals surface area contributed by atoms with Gasteiger partial charge >= 0.3 is 0 Å². The molecule has 1 heterocycles. The van der Waals surface area contributed by atoms with Crippen molar-refractivity contribution in [2.24, 2.45) is 0 Å². The third-order valence-electron chi connectivity index (χ3n) is 3.79. The van der Waals surface area contributed by atoms with Crippen LogP contribution >= 0.6 is 11.6 Å². The van der Waals surface area contributed by atoms with Gasteiger partial charge in [0.05, 0.1) is 0 Å². The number of rotatable bonds is 5. The number of nitrogens with zero attached hydrogens (tertiary/aromatic N) is 2. The largest absolute Gasteiger partial charge is 0.366 e. The van der Waals surface area contributed by atoms with Crippen molar-refractivity contribution < 1.29 is 4.39 Å². The molecule has 0 aliphatic carbocycles. The van der Waals surface area contributed by atoms with Crippen LogP contribution in [-0.2, 0) is 6.54 Å². The standard InChI is InChI=1S/C19H18ClFN4/c1-12-15(20)7-5-9-17(12)25-19-10-18(23-13(2)24-19)22-11-14-6-3-4-8-16(14)21/h3-10H,11H2,1-2H3,(H2,22,23,24,25). The summed E-state index contributed by atoms with van der Waals surface area (Å²) in [5.74, 6) is 1.64. The Bertz CT molecular complexity index is 898.